The molecule has 162 valence electrons. The van der Waals surface area contributed by atoms with E-state index in [1.807, 2.05) is 17.0 Å². The molecule has 1 saturated heterocycles. The van der Waals surface area contributed by atoms with E-state index in [1.54, 1.807) is 19.1 Å². The van der Waals surface area contributed by atoms with Crippen LogP contribution in [0.4, 0.5) is 5.69 Å². The van der Waals surface area contributed by atoms with Crippen molar-refractivity contribution in [2.75, 3.05) is 18.6 Å². The SMILES string of the molecule is COC(=O)C1=C(C)N(c2ccc(Cl)cc2)[C@H]2C[C@@H]1[C@H](OC(C)=O)[C@@H](COC(C)=O)O2. The van der Waals surface area contributed by atoms with Crippen molar-refractivity contribution in [3.63, 3.8) is 0 Å². The molecular weight excluding hydrogens is 414 g/mol. The van der Waals surface area contributed by atoms with Gasteiger partial charge in [-0.05, 0) is 31.2 Å². The number of benzene rings is 1. The molecule has 9 heteroatoms. The van der Waals surface area contributed by atoms with Crippen LogP contribution in [-0.4, -0.2) is 50.1 Å². The highest BCUT2D eigenvalue weighted by Crippen LogP contribution is 2.44. The first kappa shape index (κ1) is 22.1. The van der Waals surface area contributed by atoms with Crippen LogP contribution in [0.15, 0.2) is 35.5 Å². The average molecular weight is 438 g/mol. The van der Waals surface area contributed by atoms with E-state index in [0.717, 1.165) is 5.69 Å². The third-order valence-corrected chi connectivity index (χ3v) is 5.48. The van der Waals surface area contributed by atoms with Crippen LogP contribution in [0.2, 0.25) is 5.02 Å². The summed E-state index contributed by atoms with van der Waals surface area (Å²) in [7, 11) is 1.30. The predicted molar refractivity (Wildman–Crippen MR) is 108 cm³/mol. The lowest BCUT2D eigenvalue weighted by Crippen LogP contribution is -2.58. The third kappa shape index (κ3) is 4.44. The molecule has 1 aromatic rings. The van der Waals surface area contributed by atoms with Gasteiger partial charge in [0.2, 0.25) is 0 Å². The van der Waals surface area contributed by atoms with Crippen LogP contribution in [0.25, 0.3) is 0 Å². The van der Waals surface area contributed by atoms with Crippen molar-refractivity contribution in [2.45, 2.75) is 45.6 Å². The minimum Gasteiger partial charge on any atom is -0.466 e. The zero-order valence-electron chi connectivity index (χ0n) is 17.2. The lowest BCUT2D eigenvalue weighted by Gasteiger charge is -2.50. The Balaban J connectivity index is 2.08. The lowest BCUT2D eigenvalue weighted by atomic mass is 9.80. The maximum absolute atomic E-state index is 12.7. The molecule has 30 heavy (non-hydrogen) atoms. The highest BCUT2D eigenvalue weighted by atomic mass is 35.5. The van der Waals surface area contributed by atoms with Crippen molar-refractivity contribution < 1.29 is 33.3 Å². The number of hydrogen-bond acceptors (Lipinski definition) is 8. The number of fused-ring (bicyclic) bond motifs is 2. The summed E-state index contributed by atoms with van der Waals surface area (Å²) in [5.74, 6) is -1.98. The van der Waals surface area contributed by atoms with Crippen molar-refractivity contribution >= 4 is 35.2 Å². The molecule has 0 unspecified atom stereocenters. The number of ether oxygens (including phenoxy) is 4. The van der Waals surface area contributed by atoms with Gasteiger partial charge in [-0.15, -0.1) is 0 Å². The van der Waals surface area contributed by atoms with Gasteiger partial charge in [0.05, 0.1) is 12.7 Å². The molecule has 2 bridgehead atoms. The number of anilines is 1. The van der Waals surface area contributed by atoms with Gasteiger partial charge in [-0.25, -0.2) is 4.79 Å². The molecule has 2 heterocycles. The Hall–Kier alpha value is -2.58. The fourth-order valence-corrected chi connectivity index (χ4v) is 4.19. The molecule has 0 N–H and O–H groups in total. The van der Waals surface area contributed by atoms with Crippen LogP contribution < -0.4 is 4.90 Å². The molecule has 0 amide bonds. The number of allylic oxidation sites excluding steroid dienone is 1. The summed E-state index contributed by atoms with van der Waals surface area (Å²) in [5.41, 5.74) is 1.80. The zero-order chi connectivity index (χ0) is 22.0. The number of rotatable bonds is 5. The monoisotopic (exact) mass is 437 g/mol. The van der Waals surface area contributed by atoms with Gasteiger partial charge >= 0.3 is 17.9 Å². The molecule has 0 radical (unpaired) electrons. The molecule has 1 aromatic carbocycles. The molecule has 2 aliphatic rings. The summed E-state index contributed by atoms with van der Waals surface area (Å²) in [6, 6.07) is 7.14. The first-order valence-electron chi connectivity index (χ1n) is 9.52. The van der Waals surface area contributed by atoms with Crippen molar-refractivity contribution in [1.82, 2.24) is 0 Å². The Labute approximate surface area is 179 Å². The molecule has 1 fully saturated rings. The Kier molecular flexibility index (Phi) is 6.67. The van der Waals surface area contributed by atoms with Crippen LogP contribution in [-0.2, 0) is 33.3 Å². The van der Waals surface area contributed by atoms with Gasteiger partial charge in [-0.1, -0.05) is 11.6 Å². The van der Waals surface area contributed by atoms with Gasteiger partial charge in [0.25, 0.3) is 0 Å². The molecule has 0 saturated carbocycles. The van der Waals surface area contributed by atoms with Crippen molar-refractivity contribution in [3.8, 4) is 0 Å². The quantitative estimate of drug-likeness (QED) is 0.513. The first-order chi connectivity index (χ1) is 14.2. The molecule has 3 rings (SSSR count). The summed E-state index contributed by atoms with van der Waals surface area (Å²) in [6.07, 6.45) is -1.62. The second kappa shape index (κ2) is 9.06. The normalized spacial score (nSPS) is 25.6. The van der Waals surface area contributed by atoms with Gasteiger partial charge < -0.3 is 23.8 Å². The van der Waals surface area contributed by atoms with Gasteiger partial charge in [-0.2, -0.15) is 0 Å². The number of methoxy groups -OCH3 is 1. The smallest absolute Gasteiger partial charge is 0.335 e. The van der Waals surface area contributed by atoms with Crippen molar-refractivity contribution in [2.24, 2.45) is 5.92 Å². The number of carbonyl (C=O) groups excluding carboxylic acids is 3. The standard InChI is InChI=1S/C21H24ClNO7/c1-11-19(21(26)27-4)16-9-18(23(11)15-7-5-14(22)6-8-15)30-17(10-28-12(2)24)20(16)29-13(3)25/h5-8,16-18,20H,9-10H2,1-4H3/t16-,17+,18+,20-/m0/s1. The van der Waals surface area contributed by atoms with E-state index in [9.17, 15) is 14.4 Å². The molecule has 8 nitrogen and oxygen atoms in total. The van der Waals surface area contributed by atoms with E-state index in [-0.39, 0.29) is 6.61 Å². The summed E-state index contributed by atoms with van der Waals surface area (Å²) < 4.78 is 21.9. The van der Waals surface area contributed by atoms with Crippen molar-refractivity contribution in [3.05, 3.63) is 40.6 Å². The van der Waals surface area contributed by atoms with Crippen LogP contribution in [0.3, 0.4) is 0 Å². The van der Waals surface area contributed by atoms with Crippen LogP contribution >= 0.6 is 11.6 Å². The summed E-state index contributed by atoms with van der Waals surface area (Å²) in [4.78, 5) is 37.7. The fourth-order valence-electron chi connectivity index (χ4n) is 4.06. The second-order valence-corrected chi connectivity index (χ2v) is 7.62. The second-order valence-electron chi connectivity index (χ2n) is 7.19. The fraction of sp³-hybridized carbons (Fsp3) is 0.476. The van der Waals surface area contributed by atoms with E-state index in [2.05, 4.69) is 0 Å². The number of hydrogen-bond donors (Lipinski definition) is 0. The summed E-state index contributed by atoms with van der Waals surface area (Å²) >= 11 is 6.02. The number of carbonyl (C=O) groups is 3. The topological polar surface area (TPSA) is 91.4 Å². The molecule has 0 spiro atoms. The lowest BCUT2D eigenvalue weighted by molar-refractivity contribution is -0.193. The minimum atomic E-state index is -0.797. The molecule has 2 aliphatic heterocycles. The third-order valence-electron chi connectivity index (χ3n) is 5.22. The maximum Gasteiger partial charge on any atom is 0.335 e. The van der Waals surface area contributed by atoms with Gasteiger partial charge in [0.15, 0.2) is 0 Å². The summed E-state index contributed by atoms with van der Waals surface area (Å²) in [6.45, 7) is 4.25. The molecular formula is C21H24ClNO7. The minimum absolute atomic E-state index is 0.109. The van der Waals surface area contributed by atoms with Gasteiger partial charge in [-0.3, -0.25) is 9.59 Å². The number of nitrogens with zero attached hydrogens (tertiary/aromatic N) is 1. The van der Waals surface area contributed by atoms with Gasteiger partial charge in [0, 0.05) is 42.6 Å². The molecule has 0 aliphatic carbocycles. The van der Waals surface area contributed by atoms with Crippen LogP contribution in [0.1, 0.15) is 27.2 Å². The van der Waals surface area contributed by atoms with Crippen LogP contribution in [0.5, 0.6) is 0 Å². The molecule has 0 aromatic heterocycles. The largest absolute Gasteiger partial charge is 0.466 e. The highest BCUT2D eigenvalue weighted by molar-refractivity contribution is 6.30. The number of esters is 3. The van der Waals surface area contributed by atoms with E-state index in [0.29, 0.717) is 22.7 Å². The Morgan fingerprint density at radius 1 is 1.17 bits per heavy atom. The number of halogens is 1. The summed E-state index contributed by atoms with van der Waals surface area (Å²) in [5, 5.41) is 0.579. The average Bonchev–Trinajstić information content (AvgIpc) is 2.69. The predicted octanol–water partition coefficient (Wildman–Crippen LogP) is 2.83. The maximum atomic E-state index is 12.7. The van der Waals surface area contributed by atoms with Gasteiger partial charge in [0.1, 0.15) is 25.0 Å². The highest BCUT2D eigenvalue weighted by Gasteiger charge is 2.51. The zero-order valence-corrected chi connectivity index (χ0v) is 18.0. The van der Waals surface area contributed by atoms with Crippen LogP contribution in [0, 0.1) is 5.92 Å². The molecule has 4 atom stereocenters. The van der Waals surface area contributed by atoms with E-state index >= 15 is 0 Å². The Bertz CT molecular complexity index is 867. The van der Waals surface area contributed by atoms with E-state index in [4.69, 9.17) is 30.5 Å². The van der Waals surface area contributed by atoms with E-state index < -0.39 is 42.3 Å². The Morgan fingerprint density at radius 2 is 1.83 bits per heavy atom. The van der Waals surface area contributed by atoms with Crippen molar-refractivity contribution in [1.29, 1.82) is 0 Å². The van der Waals surface area contributed by atoms with E-state index in [1.165, 1.54) is 21.0 Å². The first-order valence-corrected chi connectivity index (χ1v) is 9.90. The Morgan fingerprint density at radius 3 is 2.40 bits per heavy atom.